The number of thioether (sulfide) groups is 4. The van der Waals surface area contributed by atoms with Gasteiger partial charge in [-0.25, -0.2) is 0 Å². The first-order valence-electron chi connectivity index (χ1n) is 21.0. The van der Waals surface area contributed by atoms with Crippen LogP contribution in [-0.2, 0) is 0 Å². The number of ketones is 4. The number of rotatable bonds is 19. The van der Waals surface area contributed by atoms with Crippen LogP contribution >= 0.6 is 47.0 Å². The third-order valence-electron chi connectivity index (χ3n) is 10.3. The quantitative estimate of drug-likeness (QED) is 0.0514. The van der Waals surface area contributed by atoms with Crippen molar-refractivity contribution in [2.45, 2.75) is 58.9 Å². The molecule has 18 nitrogen and oxygen atoms in total. The summed E-state index contributed by atoms with van der Waals surface area (Å²) in [7, 11) is 0. The summed E-state index contributed by atoms with van der Waals surface area (Å²) >= 11 is 4.39. The van der Waals surface area contributed by atoms with Crippen LogP contribution in [0.3, 0.4) is 0 Å². The molecule has 0 bridgehead atoms. The summed E-state index contributed by atoms with van der Waals surface area (Å²) in [5, 5.41) is 65.9. The van der Waals surface area contributed by atoms with E-state index in [0.29, 0.717) is 0 Å². The molecule has 4 atom stereocenters. The second kappa shape index (κ2) is 21.3. The van der Waals surface area contributed by atoms with Gasteiger partial charge in [0.2, 0.25) is 11.9 Å². The Labute approximate surface area is 405 Å². The highest BCUT2D eigenvalue weighted by Crippen LogP contribution is 2.44. The molecule has 350 valence electrons. The summed E-state index contributed by atoms with van der Waals surface area (Å²) in [4.78, 5) is 86.0. The summed E-state index contributed by atoms with van der Waals surface area (Å²) in [6.45, 7) is 2.24. The van der Waals surface area contributed by atoms with Crippen molar-refractivity contribution >= 4 is 93.5 Å². The minimum Gasteiger partial charge on any atom is -0.394 e. The van der Waals surface area contributed by atoms with Crippen molar-refractivity contribution in [3.05, 3.63) is 117 Å². The fourth-order valence-electron chi connectivity index (χ4n) is 7.23. The van der Waals surface area contributed by atoms with Gasteiger partial charge in [-0.05, 0) is 37.1 Å². The molecular formula is C46H42N8O10S4. The number of aliphatic hydroxyl groups excluding tert-OH is 6. The molecule has 4 aromatic carbocycles. The van der Waals surface area contributed by atoms with Crippen LogP contribution < -0.4 is 10.6 Å². The van der Waals surface area contributed by atoms with E-state index in [0.717, 1.165) is 23.5 Å². The maximum atomic E-state index is 14.9. The highest BCUT2D eigenvalue weighted by atomic mass is 32.2. The van der Waals surface area contributed by atoms with Crippen molar-refractivity contribution in [2.24, 2.45) is 0 Å². The maximum absolute atomic E-state index is 14.9. The topological polar surface area (TPSA) is 291 Å². The molecule has 0 saturated heterocycles. The number of nitrogens with zero attached hydrogens (tertiary/aromatic N) is 6. The van der Waals surface area contributed by atoms with E-state index in [1.807, 2.05) is 0 Å². The summed E-state index contributed by atoms with van der Waals surface area (Å²) in [5.74, 6) is -1.56. The van der Waals surface area contributed by atoms with Gasteiger partial charge < -0.3 is 41.3 Å². The number of anilines is 4. The third kappa shape index (κ3) is 10.5. The average molecular weight is 995 g/mol. The first-order chi connectivity index (χ1) is 32.7. The van der Waals surface area contributed by atoms with Crippen LogP contribution in [0, 0.1) is 0 Å². The number of aliphatic hydroxyl groups is 6. The lowest BCUT2D eigenvalue weighted by molar-refractivity contribution is 0.0978. The predicted octanol–water partition coefficient (Wildman–Crippen LogP) is 4.60. The van der Waals surface area contributed by atoms with Crippen LogP contribution in [0.15, 0.2) is 93.4 Å². The molecule has 2 aliphatic rings. The Kier molecular flexibility index (Phi) is 15.3. The predicted molar refractivity (Wildman–Crippen MR) is 257 cm³/mol. The first-order valence-corrected chi connectivity index (χ1v) is 24.9. The van der Waals surface area contributed by atoms with Crippen LogP contribution in [0.5, 0.6) is 0 Å². The molecule has 6 aromatic rings. The summed E-state index contributed by atoms with van der Waals surface area (Å²) in [6.07, 6.45) is -3.52. The van der Waals surface area contributed by atoms with E-state index in [1.165, 1.54) is 41.7 Å². The van der Waals surface area contributed by atoms with Gasteiger partial charge >= 0.3 is 0 Å². The number of carbonyl (C=O) groups is 4. The van der Waals surface area contributed by atoms with E-state index in [2.05, 4.69) is 40.5 Å². The van der Waals surface area contributed by atoms with Crippen LogP contribution in [0.1, 0.15) is 77.5 Å². The molecule has 4 unspecified atom stereocenters. The van der Waals surface area contributed by atoms with Crippen molar-refractivity contribution in [1.29, 1.82) is 0 Å². The Morgan fingerprint density at radius 1 is 0.426 bits per heavy atom. The average Bonchev–Trinajstić information content (AvgIpc) is 3.34. The van der Waals surface area contributed by atoms with Crippen molar-refractivity contribution in [3.8, 4) is 11.1 Å². The largest absolute Gasteiger partial charge is 0.394 e. The minimum absolute atomic E-state index is 0.0191. The number of aromatic nitrogens is 6. The molecule has 0 saturated carbocycles. The Balaban J connectivity index is 1.28. The molecule has 0 amide bonds. The fraction of sp³-hybridized carbons (Fsp3) is 0.261. The van der Waals surface area contributed by atoms with Gasteiger partial charge in [-0.15, -0.1) is 0 Å². The van der Waals surface area contributed by atoms with Crippen molar-refractivity contribution in [3.63, 3.8) is 0 Å². The van der Waals surface area contributed by atoms with Gasteiger partial charge in [0.15, 0.2) is 43.8 Å². The Bertz CT molecular complexity index is 2900. The second-order valence-corrected chi connectivity index (χ2v) is 19.5. The van der Waals surface area contributed by atoms with Crippen LogP contribution in [0.25, 0.3) is 11.1 Å². The third-order valence-corrected chi connectivity index (χ3v) is 14.4. The van der Waals surface area contributed by atoms with E-state index >= 15 is 0 Å². The van der Waals surface area contributed by atoms with Crippen LogP contribution in [-0.4, -0.2) is 144 Å². The molecule has 2 aromatic heterocycles. The molecule has 68 heavy (non-hydrogen) atoms. The number of carbonyl (C=O) groups excluding carboxylic acids is 4. The van der Waals surface area contributed by atoms with Gasteiger partial charge in [-0.1, -0.05) is 108 Å². The zero-order valence-electron chi connectivity index (χ0n) is 36.1. The SMILES string of the molecule is CC(O)CSc1nc(Nc2ccc(-c3ccc(Nc4nc(SCC(O)CO)nc(SCC(O)CO)n4)c4c3C(=O)c3ccccc3C4=O)c3c2C(=O)c2ccccc2C3=O)nc(SCC(C)O)n1. The summed E-state index contributed by atoms with van der Waals surface area (Å²) in [5.41, 5.74) is 0.949. The zero-order chi connectivity index (χ0) is 48.2. The summed E-state index contributed by atoms with van der Waals surface area (Å²) in [6, 6.07) is 18.9. The highest BCUT2D eigenvalue weighted by Gasteiger charge is 2.39. The van der Waals surface area contributed by atoms with Gasteiger partial charge in [-0.3, -0.25) is 19.2 Å². The molecule has 2 aliphatic carbocycles. The lowest BCUT2D eigenvalue weighted by Gasteiger charge is -2.26. The standard InChI is InChI=1S/C46H42N8O10S4/c1-21(57)17-65-43-49-41(50-44(53-43)66-18-22(2)58)47-31-13-11-25(33-35(31)39(63)29-9-5-3-7-27(29)37(33)61)26-12-14-32(36-34(26)38(62)28-8-4-6-10-30(28)40(36)64)48-42-51-45(67-19-23(59)15-55)54-46(52-42)68-20-24(60)16-56/h3-14,21-24,55-60H,15-20H2,1-2H3,(H,47,49,50,53)(H,48,51,52,54). The number of benzene rings is 4. The number of nitrogens with one attached hydrogen (secondary N) is 2. The van der Waals surface area contributed by atoms with Gasteiger partial charge in [0, 0.05) is 56.4 Å². The van der Waals surface area contributed by atoms with Crippen LogP contribution in [0.2, 0.25) is 0 Å². The molecule has 0 aliphatic heterocycles. The number of fused-ring (bicyclic) bond motifs is 4. The van der Waals surface area contributed by atoms with Crippen molar-refractivity contribution in [1.82, 2.24) is 29.9 Å². The Morgan fingerprint density at radius 2 is 0.735 bits per heavy atom. The Hall–Kier alpha value is -5.66. The second-order valence-electron chi connectivity index (χ2n) is 15.5. The lowest BCUT2D eigenvalue weighted by Crippen LogP contribution is -2.25. The van der Waals surface area contributed by atoms with Crippen molar-refractivity contribution < 1.29 is 49.8 Å². The number of hydrogen-bond acceptors (Lipinski definition) is 22. The van der Waals surface area contributed by atoms with E-state index < -0.39 is 60.8 Å². The lowest BCUT2D eigenvalue weighted by atomic mass is 9.75. The van der Waals surface area contributed by atoms with Gasteiger partial charge in [0.25, 0.3) is 0 Å². The molecule has 0 spiro atoms. The zero-order valence-corrected chi connectivity index (χ0v) is 39.4. The smallest absolute Gasteiger partial charge is 0.232 e. The molecule has 0 fully saturated rings. The van der Waals surface area contributed by atoms with Crippen LogP contribution in [0.4, 0.5) is 23.3 Å². The molecule has 8 N–H and O–H groups in total. The Morgan fingerprint density at radius 3 is 1.04 bits per heavy atom. The molecular weight excluding hydrogens is 953 g/mol. The van der Waals surface area contributed by atoms with E-state index in [4.69, 9.17) is 0 Å². The first kappa shape index (κ1) is 48.8. The van der Waals surface area contributed by atoms with Crippen molar-refractivity contribution in [2.75, 3.05) is 46.9 Å². The molecule has 2 heterocycles. The summed E-state index contributed by atoms with van der Waals surface area (Å²) < 4.78 is 0. The van der Waals surface area contributed by atoms with E-state index in [1.54, 1.807) is 68.4 Å². The normalized spacial score (nSPS) is 14.6. The van der Waals surface area contributed by atoms with Gasteiger partial charge in [0.1, 0.15) is 0 Å². The van der Waals surface area contributed by atoms with Gasteiger partial charge in [0.05, 0.1) is 60.1 Å². The molecule has 8 rings (SSSR count). The van der Waals surface area contributed by atoms with E-state index in [9.17, 15) is 49.8 Å². The van der Waals surface area contributed by atoms with E-state index in [-0.39, 0.29) is 123 Å². The fourth-order valence-corrected chi connectivity index (χ4v) is 10.2. The molecule has 22 heteroatoms. The monoisotopic (exact) mass is 994 g/mol. The minimum atomic E-state index is -1.09. The molecule has 0 radical (unpaired) electrons. The maximum Gasteiger partial charge on any atom is 0.232 e. The number of hydrogen-bond donors (Lipinski definition) is 8. The highest BCUT2D eigenvalue weighted by molar-refractivity contribution is 8.00. The van der Waals surface area contributed by atoms with Gasteiger partial charge in [-0.2, -0.15) is 29.9 Å².